The summed E-state index contributed by atoms with van der Waals surface area (Å²) in [5.41, 5.74) is 1.01. The Balaban J connectivity index is 1.51. The van der Waals surface area contributed by atoms with Crippen LogP contribution in [0.4, 0.5) is 0 Å². The quantitative estimate of drug-likeness (QED) is 0.861. The van der Waals surface area contributed by atoms with E-state index < -0.39 is 0 Å². The van der Waals surface area contributed by atoms with Gasteiger partial charge in [-0.25, -0.2) is 0 Å². The van der Waals surface area contributed by atoms with Gasteiger partial charge in [0.15, 0.2) is 0 Å². The van der Waals surface area contributed by atoms with E-state index in [2.05, 4.69) is 10.6 Å². The smallest absolute Gasteiger partial charge is 0.231 e. The molecule has 2 aliphatic rings. The summed E-state index contributed by atoms with van der Waals surface area (Å²) in [7, 11) is 0. The molecule has 102 valence electrons. The number of carbonyl (C=O) groups excluding carboxylic acids is 1. The molecule has 0 spiro atoms. The molecule has 0 radical (unpaired) electrons. The Morgan fingerprint density at radius 1 is 1.42 bits per heavy atom. The molecule has 0 aromatic heterocycles. The predicted octanol–water partition coefficient (Wildman–Crippen LogP) is 1.42. The number of carbonyl (C=O) groups is 1. The molecule has 1 fully saturated rings. The van der Waals surface area contributed by atoms with Gasteiger partial charge in [0, 0.05) is 18.2 Å². The lowest BCUT2D eigenvalue weighted by atomic mass is 10.0. The van der Waals surface area contributed by atoms with Crippen LogP contribution in [-0.2, 0) is 4.79 Å². The molecular weight excluding hydrogens is 240 g/mol. The molecule has 1 aromatic carbocycles. The highest BCUT2D eigenvalue weighted by Crippen LogP contribution is 2.33. The van der Waals surface area contributed by atoms with Gasteiger partial charge in [0.25, 0.3) is 0 Å². The Labute approximate surface area is 113 Å². The molecule has 3 rings (SSSR count). The van der Waals surface area contributed by atoms with Crippen molar-refractivity contribution in [2.24, 2.45) is 0 Å². The highest BCUT2D eigenvalue weighted by atomic mass is 16.5. The van der Waals surface area contributed by atoms with Crippen LogP contribution in [0.15, 0.2) is 24.3 Å². The number of rotatable bonds is 4. The zero-order valence-electron chi connectivity index (χ0n) is 11.0. The first kappa shape index (κ1) is 12.5. The first-order chi connectivity index (χ1) is 9.34. The van der Waals surface area contributed by atoms with E-state index in [1.54, 1.807) is 0 Å². The Hall–Kier alpha value is -1.55. The average Bonchev–Trinajstić information content (AvgIpc) is 3.07. The molecule has 1 amide bonds. The van der Waals surface area contributed by atoms with Gasteiger partial charge in [-0.3, -0.25) is 4.79 Å². The van der Waals surface area contributed by atoms with Crippen LogP contribution in [0.25, 0.3) is 0 Å². The van der Waals surface area contributed by atoms with Crippen LogP contribution in [0, 0.1) is 0 Å². The number of ether oxygens (including phenoxy) is 1. The number of fused-ring (bicyclic) bond motifs is 1. The maximum Gasteiger partial charge on any atom is 0.231 e. The third-order valence-corrected chi connectivity index (χ3v) is 3.97. The number of hydrogen-bond donors (Lipinski definition) is 2. The van der Waals surface area contributed by atoms with Crippen molar-refractivity contribution in [2.75, 3.05) is 19.7 Å². The van der Waals surface area contributed by atoms with Crippen LogP contribution < -0.4 is 15.4 Å². The van der Waals surface area contributed by atoms with Crippen molar-refractivity contribution in [1.29, 1.82) is 0 Å². The lowest BCUT2D eigenvalue weighted by Gasteiger charge is -2.13. The fraction of sp³-hybridized carbons (Fsp3) is 0.533. The van der Waals surface area contributed by atoms with Crippen LogP contribution in [0.1, 0.15) is 30.7 Å². The van der Waals surface area contributed by atoms with Crippen LogP contribution >= 0.6 is 0 Å². The first-order valence-electron chi connectivity index (χ1n) is 7.07. The van der Waals surface area contributed by atoms with Gasteiger partial charge in [-0.05, 0) is 31.9 Å². The van der Waals surface area contributed by atoms with E-state index in [-0.39, 0.29) is 11.8 Å². The van der Waals surface area contributed by atoms with Gasteiger partial charge >= 0.3 is 0 Å². The molecule has 2 aliphatic heterocycles. The van der Waals surface area contributed by atoms with Crippen molar-refractivity contribution in [3.63, 3.8) is 0 Å². The Kier molecular flexibility index (Phi) is 3.69. The zero-order valence-corrected chi connectivity index (χ0v) is 11.0. The fourth-order valence-electron chi connectivity index (χ4n) is 2.88. The molecule has 0 saturated carbocycles. The van der Waals surface area contributed by atoms with E-state index in [4.69, 9.17) is 4.74 Å². The summed E-state index contributed by atoms with van der Waals surface area (Å²) in [5, 5.41) is 6.47. The number of benzene rings is 1. The van der Waals surface area contributed by atoms with Gasteiger partial charge in [0.2, 0.25) is 5.91 Å². The number of amides is 1. The third kappa shape index (κ3) is 2.73. The summed E-state index contributed by atoms with van der Waals surface area (Å²) in [5.74, 6) is 0.788. The summed E-state index contributed by atoms with van der Waals surface area (Å²) < 4.78 is 5.54. The lowest BCUT2D eigenvalue weighted by molar-refractivity contribution is -0.122. The third-order valence-electron chi connectivity index (χ3n) is 3.97. The summed E-state index contributed by atoms with van der Waals surface area (Å²) in [4.78, 5) is 12.2. The molecular formula is C15H20N2O2. The van der Waals surface area contributed by atoms with E-state index in [0.717, 1.165) is 30.8 Å². The Bertz CT molecular complexity index is 455. The summed E-state index contributed by atoms with van der Waals surface area (Å²) in [6, 6.07) is 8.37. The largest absolute Gasteiger partial charge is 0.492 e. The predicted molar refractivity (Wildman–Crippen MR) is 73.3 cm³/mol. The van der Waals surface area contributed by atoms with Crippen LogP contribution in [0.3, 0.4) is 0 Å². The molecule has 2 atom stereocenters. The summed E-state index contributed by atoms with van der Waals surface area (Å²) >= 11 is 0. The summed E-state index contributed by atoms with van der Waals surface area (Å²) in [6.07, 6.45) is 3.49. The maximum atomic E-state index is 12.2. The van der Waals surface area contributed by atoms with Crippen molar-refractivity contribution in [3.05, 3.63) is 29.8 Å². The fourth-order valence-corrected chi connectivity index (χ4v) is 2.88. The molecule has 2 unspecified atom stereocenters. The standard InChI is InChI=1S/C15H20N2O2/c18-15(17-9-7-11-4-3-8-16-11)13-10-19-14-6-2-1-5-12(13)14/h1-2,5-6,11,13,16H,3-4,7-10H2,(H,17,18). The van der Waals surface area contributed by atoms with E-state index in [1.807, 2.05) is 24.3 Å². The summed E-state index contributed by atoms with van der Waals surface area (Å²) in [6.45, 7) is 2.32. The minimum Gasteiger partial charge on any atom is -0.492 e. The molecule has 4 heteroatoms. The average molecular weight is 260 g/mol. The molecule has 2 heterocycles. The molecule has 19 heavy (non-hydrogen) atoms. The highest BCUT2D eigenvalue weighted by Gasteiger charge is 2.29. The maximum absolute atomic E-state index is 12.2. The highest BCUT2D eigenvalue weighted by molar-refractivity contribution is 5.85. The van der Waals surface area contributed by atoms with E-state index in [0.29, 0.717) is 12.6 Å². The van der Waals surface area contributed by atoms with Gasteiger partial charge in [0.1, 0.15) is 18.3 Å². The van der Waals surface area contributed by atoms with Crippen molar-refractivity contribution >= 4 is 5.91 Å². The minimum atomic E-state index is -0.146. The van der Waals surface area contributed by atoms with Gasteiger partial charge in [-0.15, -0.1) is 0 Å². The lowest BCUT2D eigenvalue weighted by Crippen LogP contribution is -2.34. The second kappa shape index (κ2) is 5.61. The van der Waals surface area contributed by atoms with Crippen molar-refractivity contribution < 1.29 is 9.53 Å². The number of nitrogens with one attached hydrogen (secondary N) is 2. The molecule has 1 aromatic rings. The first-order valence-corrected chi connectivity index (χ1v) is 7.07. The van der Waals surface area contributed by atoms with Crippen LogP contribution in [0.2, 0.25) is 0 Å². The normalized spacial score (nSPS) is 24.8. The van der Waals surface area contributed by atoms with E-state index in [9.17, 15) is 4.79 Å². The molecule has 0 bridgehead atoms. The zero-order chi connectivity index (χ0) is 13.1. The van der Waals surface area contributed by atoms with Gasteiger partial charge < -0.3 is 15.4 Å². The van der Waals surface area contributed by atoms with E-state index in [1.165, 1.54) is 12.8 Å². The van der Waals surface area contributed by atoms with Crippen molar-refractivity contribution in [1.82, 2.24) is 10.6 Å². The molecule has 0 aliphatic carbocycles. The SMILES string of the molecule is O=C(NCCC1CCCN1)C1COc2ccccc21. The number of hydrogen-bond acceptors (Lipinski definition) is 3. The topological polar surface area (TPSA) is 50.4 Å². The van der Waals surface area contributed by atoms with Gasteiger partial charge in [0.05, 0.1) is 0 Å². The Morgan fingerprint density at radius 3 is 3.16 bits per heavy atom. The van der Waals surface area contributed by atoms with Crippen LogP contribution in [0.5, 0.6) is 5.75 Å². The van der Waals surface area contributed by atoms with E-state index >= 15 is 0 Å². The second-order valence-electron chi connectivity index (χ2n) is 5.27. The monoisotopic (exact) mass is 260 g/mol. The molecule has 4 nitrogen and oxygen atoms in total. The minimum absolute atomic E-state index is 0.0861. The number of para-hydroxylation sites is 1. The van der Waals surface area contributed by atoms with Gasteiger partial charge in [-0.2, -0.15) is 0 Å². The second-order valence-corrected chi connectivity index (χ2v) is 5.27. The Morgan fingerprint density at radius 2 is 2.32 bits per heavy atom. The molecule has 2 N–H and O–H groups in total. The van der Waals surface area contributed by atoms with Crippen LogP contribution in [-0.4, -0.2) is 31.6 Å². The molecule has 1 saturated heterocycles. The van der Waals surface area contributed by atoms with Gasteiger partial charge in [-0.1, -0.05) is 18.2 Å². The van der Waals surface area contributed by atoms with Crippen molar-refractivity contribution in [3.8, 4) is 5.75 Å². The van der Waals surface area contributed by atoms with Crippen molar-refractivity contribution in [2.45, 2.75) is 31.2 Å².